The first-order valence-corrected chi connectivity index (χ1v) is 12.1. The monoisotopic (exact) mass is 427 g/mol. The van der Waals surface area contributed by atoms with E-state index < -0.39 is 0 Å². The number of carbonyl (C=O) groups excluding carboxylic acids is 1. The molecule has 3 aromatic rings. The van der Waals surface area contributed by atoms with Crippen molar-refractivity contribution in [2.24, 2.45) is 0 Å². The molecule has 1 amide bonds. The molecular weight excluding hydrogens is 398 g/mol. The van der Waals surface area contributed by atoms with Gasteiger partial charge in [0.05, 0.1) is 5.25 Å². The Morgan fingerprint density at radius 3 is 2.23 bits per heavy atom. The van der Waals surface area contributed by atoms with Gasteiger partial charge in [-0.25, -0.2) is 0 Å². The smallest absolute Gasteiger partial charge is 0.222 e. The van der Waals surface area contributed by atoms with E-state index in [0.29, 0.717) is 18.4 Å². The molecule has 1 aliphatic heterocycles. The summed E-state index contributed by atoms with van der Waals surface area (Å²) in [5.74, 6) is 0.298. The van der Waals surface area contributed by atoms with Gasteiger partial charge in [0.25, 0.3) is 0 Å². The van der Waals surface area contributed by atoms with Gasteiger partial charge in [-0.15, -0.1) is 11.8 Å². The minimum atomic E-state index is 0.0672. The molecule has 0 N–H and O–H groups in total. The zero-order chi connectivity index (χ0) is 21.4. The van der Waals surface area contributed by atoms with E-state index in [1.807, 2.05) is 23.7 Å². The van der Waals surface area contributed by atoms with E-state index in [1.54, 1.807) is 0 Å². The Morgan fingerprint density at radius 2 is 1.58 bits per heavy atom. The normalized spacial score (nSPS) is 22.9. The Labute approximate surface area is 189 Å². The molecule has 0 unspecified atom stereocenters. The molecule has 1 heterocycles. The van der Waals surface area contributed by atoms with E-state index in [2.05, 4.69) is 85.8 Å². The number of amides is 1. The van der Waals surface area contributed by atoms with Gasteiger partial charge in [-0.2, -0.15) is 0 Å². The van der Waals surface area contributed by atoms with E-state index in [9.17, 15) is 4.79 Å². The number of carbonyl (C=O) groups is 1. The second kappa shape index (κ2) is 8.20. The van der Waals surface area contributed by atoms with Crippen LogP contribution in [0.3, 0.4) is 0 Å². The quantitative estimate of drug-likeness (QED) is 0.450. The first-order valence-electron chi connectivity index (χ1n) is 11.2. The molecular formula is C28H29NOS. The van der Waals surface area contributed by atoms with Crippen LogP contribution in [0.1, 0.15) is 53.7 Å². The molecule has 0 aromatic heterocycles. The van der Waals surface area contributed by atoms with Crippen LogP contribution in [-0.4, -0.2) is 23.9 Å². The lowest BCUT2D eigenvalue weighted by Crippen LogP contribution is -2.56. The van der Waals surface area contributed by atoms with Crippen LogP contribution in [0.15, 0.2) is 83.8 Å². The molecule has 2 atom stereocenters. The highest BCUT2D eigenvalue weighted by Gasteiger charge is 2.46. The van der Waals surface area contributed by atoms with Crippen molar-refractivity contribution >= 4 is 17.7 Å². The molecule has 5 rings (SSSR count). The molecule has 31 heavy (non-hydrogen) atoms. The Morgan fingerprint density at radius 1 is 0.935 bits per heavy atom. The van der Waals surface area contributed by atoms with Crippen LogP contribution in [-0.2, 0) is 16.6 Å². The zero-order valence-electron chi connectivity index (χ0n) is 18.3. The first-order chi connectivity index (χ1) is 15.1. The minimum Gasteiger partial charge on any atom is -0.342 e. The number of fused-ring (bicyclic) bond motifs is 3. The number of aryl methyl sites for hydroxylation is 1. The number of likely N-dealkylation sites (N-methyl/N-ethyl adjacent to an activating group) is 1. The highest BCUT2D eigenvalue weighted by atomic mass is 32.2. The fourth-order valence-electron chi connectivity index (χ4n) is 5.56. The first kappa shape index (κ1) is 20.4. The van der Waals surface area contributed by atoms with Crippen molar-refractivity contribution in [1.29, 1.82) is 0 Å². The Bertz CT molecular complexity index is 1040. The summed E-state index contributed by atoms with van der Waals surface area (Å²) in [6.07, 6.45) is 3.71. The molecule has 1 fully saturated rings. The summed E-state index contributed by atoms with van der Waals surface area (Å²) < 4.78 is 0. The lowest BCUT2D eigenvalue weighted by molar-refractivity contribution is -0.138. The highest BCUT2D eigenvalue weighted by molar-refractivity contribution is 7.99. The number of hydrogen-bond donors (Lipinski definition) is 0. The highest BCUT2D eigenvalue weighted by Crippen LogP contribution is 2.47. The Balaban J connectivity index is 1.48. The van der Waals surface area contributed by atoms with Crippen LogP contribution in [0.4, 0.5) is 0 Å². The molecule has 1 saturated heterocycles. The van der Waals surface area contributed by atoms with Crippen molar-refractivity contribution < 1.29 is 4.79 Å². The van der Waals surface area contributed by atoms with Crippen LogP contribution in [0.25, 0.3) is 0 Å². The fourth-order valence-corrected chi connectivity index (χ4v) is 6.77. The van der Waals surface area contributed by atoms with Crippen molar-refractivity contribution in [3.05, 3.63) is 101 Å². The Hall–Kier alpha value is -2.52. The third kappa shape index (κ3) is 3.70. The molecule has 2 aliphatic rings. The van der Waals surface area contributed by atoms with Gasteiger partial charge in [0, 0.05) is 29.8 Å². The standard InChI is InChI=1S/C28H29NOS/c1-28-18-17-26(30)29(2)25(28)16-13-22-19-23(14-15-24(22)28)31-27(20-9-5-3-6-10-20)21-11-7-4-8-12-21/h3-12,14-15,19,25,27H,13,16-18H2,1-2H3/t25-,28-/m1/s1. The predicted octanol–water partition coefficient (Wildman–Crippen LogP) is 6.39. The molecule has 1 aliphatic carbocycles. The topological polar surface area (TPSA) is 20.3 Å². The van der Waals surface area contributed by atoms with E-state index in [1.165, 1.54) is 27.1 Å². The van der Waals surface area contributed by atoms with Gasteiger partial charge in [0.2, 0.25) is 5.91 Å². The van der Waals surface area contributed by atoms with Crippen LogP contribution in [0, 0.1) is 0 Å². The minimum absolute atomic E-state index is 0.0672. The second-order valence-electron chi connectivity index (χ2n) is 9.11. The third-order valence-electron chi connectivity index (χ3n) is 7.29. The summed E-state index contributed by atoms with van der Waals surface area (Å²) in [5, 5.41) is 0.269. The summed E-state index contributed by atoms with van der Waals surface area (Å²) in [7, 11) is 1.99. The van der Waals surface area contributed by atoms with Gasteiger partial charge in [0.15, 0.2) is 0 Å². The number of nitrogens with zero attached hydrogens (tertiary/aromatic N) is 1. The lowest BCUT2D eigenvalue weighted by Gasteiger charge is -2.50. The maximum absolute atomic E-state index is 12.3. The zero-order valence-corrected chi connectivity index (χ0v) is 19.1. The molecule has 3 aromatic carbocycles. The van der Waals surface area contributed by atoms with Crippen molar-refractivity contribution in [3.63, 3.8) is 0 Å². The van der Waals surface area contributed by atoms with Crippen molar-refractivity contribution in [1.82, 2.24) is 4.90 Å². The van der Waals surface area contributed by atoms with Crippen molar-refractivity contribution in [3.8, 4) is 0 Å². The van der Waals surface area contributed by atoms with Gasteiger partial charge >= 0.3 is 0 Å². The maximum Gasteiger partial charge on any atom is 0.222 e. The van der Waals surface area contributed by atoms with E-state index in [-0.39, 0.29) is 10.7 Å². The van der Waals surface area contributed by atoms with Crippen LogP contribution >= 0.6 is 11.8 Å². The van der Waals surface area contributed by atoms with Crippen molar-refractivity contribution in [2.75, 3.05) is 7.05 Å². The summed E-state index contributed by atoms with van der Waals surface area (Å²) in [6.45, 7) is 2.36. The SMILES string of the molecule is CN1C(=O)CC[C@]2(C)c3ccc(SC(c4ccccc4)c4ccccc4)cc3CC[C@@H]12. The molecule has 158 valence electrons. The number of likely N-dealkylation sites (tertiary alicyclic amines) is 1. The number of piperidine rings is 1. The van der Waals surface area contributed by atoms with E-state index in [0.717, 1.165) is 19.3 Å². The second-order valence-corrected chi connectivity index (χ2v) is 10.3. The van der Waals surface area contributed by atoms with Gasteiger partial charge in [-0.3, -0.25) is 4.79 Å². The number of rotatable bonds is 4. The molecule has 0 radical (unpaired) electrons. The third-order valence-corrected chi connectivity index (χ3v) is 8.60. The predicted molar refractivity (Wildman–Crippen MR) is 128 cm³/mol. The summed E-state index contributed by atoms with van der Waals surface area (Å²) in [4.78, 5) is 15.6. The van der Waals surface area contributed by atoms with Crippen molar-refractivity contribution in [2.45, 2.75) is 54.2 Å². The van der Waals surface area contributed by atoms with Crippen LogP contribution in [0.2, 0.25) is 0 Å². The summed E-state index contributed by atoms with van der Waals surface area (Å²) >= 11 is 1.93. The van der Waals surface area contributed by atoms with Crippen LogP contribution in [0.5, 0.6) is 0 Å². The van der Waals surface area contributed by atoms with Crippen LogP contribution < -0.4 is 0 Å². The molecule has 0 saturated carbocycles. The number of benzene rings is 3. The summed E-state index contributed by atoms with van der Waals surface area (Å²) in [6, 6.07) is 28.9. The summed E-state index contributed by atoms with van der Waals surface area (Å²) in [5.41, 5.74) is 5.64. The average Bonchev–Trinajstić information content (AvgIpc) is 2.81. The molecule has 2 nitrogen and oxygen atoms in total. The van der Waals surface area contributed by atoms with E-state index in [4.69, 9.17) is 0 Å². The number of hydrogen-bond acceptors (Lipinski definition) is 2. The fraction of sp³-hybridized carbons (Fsp3) is 0.321. The molecule has 3 heteroatoms. The van der Waals surface area contributed by atoms with E-state index >= 15 is 0 Å². The lowest BCUT2D eigenvalue weighted by atomic mass is 9.63. The largest absolute Gasteiger partial charge is 0.342 e. The van der Waals surface area contributed by atoms with Gasteiger partial charge < -0.3 is 4.90 Å². The van der Waals surface area contributed by atoms with Gasteiger partial charge in [-0.05, 0) is 53.6 Å². The van der Waals surface area contributed by atoms with Gasteiger partial charge in [-0.1, -0.05) is 73.7 Å². The average molecular weight is 428 g/mol. The molecule has 0 spiro atoms. The Kier molecular flexibility index (Phi) is 5.39. The maximum atomic E-state index is 12.3. The number of thioether (sulfide) groups is 1. The molecule has 0 bridgehead atoms. The van der Waals surface area contributed by atoms with Gasteiger partial charge in [0.1, 0.15) is 0 Å².